The standard InChI is InChI=1S/C15H25N3O2S/c1-3-16-11-14-6-7-15(17-12-14)21(19,20)18-9-4-5-13(2)8-10-18/h6-7,12-13,16H,3-5,8-11H2,1-2H3. The van der Waals surface area contributed by atoms with E-state index >= 15 is 0 Å². The third-order valence-electron chi connectivity index (χ3n) is 3.96. The van der Waals surface area contributed by atoms with Crippen LogP contribution in [0.25, 0.3) is 0 Å². The topological polar surface area (TPSA) is 62.3 Å². The Labute approximate surface area is 127 Å². The predicted octanol–water partition coefficient (Wildman–Crippen LogP) is 2.00. The minimum Gasteiger partial charge on any atom is -0.313 e. The number of nitrogens with zero attached hydrogens (tertiary/aromatic N) is 2. The minimum atomic E-state index is -3.44. The fraction of sp³-hybridized carbons (Fsp3) is 0.667. The number of pyridine rings is 1. The summed E-state index contributed by atoms with van der Waals surface area (Å²) >= 11 is 0. The zero-order chi connectivity index (χ0) is 15.3. The smallest absolute Gasteiger partial charge is 0.260 e. The second kappa shape index (κ2) is 7.33. The molecule has 1 aliphatic rings. The molecule has 0 saturated carbocycles. The summed E-state index contributed by atoms with van der Waals surface area (Å²) in [5.41, 5.74) is 1.00. The van der Waals surface area contributed by atoms with Crippen LogP contribution in [-0.2, 0) is 16.6 Å². The third-order valence-corrected chi connectivity index (χ3v) is 5.77. The quantitative estimate of drug-likeness (QED) is 0.903. The summed E-state index contributed by atoms with van der Waals surface area (Å²) in [6.45, 7) is 7.02. The van der Waals surface area contributed by atoms with Gasteiger partial charge in [-0.2, -0.15) is 4.31 Å². The van der Waals surface area contributed by atoms with E-state index in [1.165, 1.54) is 0 Å². The molecule has 2 heterocycles. The van der Waals surface area contributed by atoms with Crippen molar-refractivity contribution >= 4 is 10.0 Å². The molecule has 1 unspecified atom stereocenters. The largest absolute Gasteiger partial charge is 0.313 e. The van der Waals surface area contributed by atoms with Gasteiger partial charge in [-0.1, -0.05) is 19.9 Å². The van der Waals surface area contributed by atoms with Gasteiger partial charge in [0.15, 0.2) is 5.03 Å². The van der Waals surface area contributed by atoms with Crippen molar-refractivity contribution in [1.82, 2.24) is 14.6 Å². The predicted molar refractivity (Wildman–Crippen MR) is 83.4 cm³/mol. The molecule has 0 bridgehead atoms. The van der Waals surface area contributed by atoms with Crippen molar-refractivity contribution in [3.05, 3.63) is 23.9 Å². The van der Waals surface area contributed by atoms with Gasteiger partial charge in [0.25, 0.3) is 10.0 Å². The van der Waals surface area contributed by atoms with Gasteiger partial charge in [0, 0.05) is 25.8 Å². The maximum Gasteiger partial charge on any atom is 0.260 e. The lowest BCUT2D eigenvalue weighted by atomic mass is 10.0. The molecular weight excluding hydrogens is 286 g/mol. The van der Waals surface area contributed by atoms with Gasteiger partial charge in [-0.05, 0) is 43.4 Å². The number of hydrogen-bond donors (Lipinski definition) is 1. The van der Waals surface area contributed by atoms with E-state index in [0.29, 0.717) is 25.6 Å². The molecule has 0 amide bonds. The lowest BCUT2D eigenvalue weighted by Crippen LogP contribution is -2.32. The summed E-state index contributed by atoms with van der Waals surface area (Å²) in [6, 6.07) is 3.46. The molecule has 1 aromatic heterocycles. The van der Waals surface area contributed by atoms with Crippen molar-refractivity contribution in [3.8, 4) is 0 Å². The molecule has 2 rings (SSSR count). The minimum absolute atomic E-state index is 0.164. The van der Waals surface area contributed by atoms with Gasteiger partial charge in [-0.25, -0.2) is 13.4 Å². The van der Waals surface area contributed by atoms with Crippen LogP contribution in [-0.4, -0.2) is 37.3 Å². The zero-order valence-electron chi connectivity index (χ0n) is 12.9. The summed E-state index contributed by atoms with van der Waals surface area (Å²) in [5.74, 6) is 0.598. The van der Waals surface area contributed by atoms with Crippen molar-refractivity contribution in [2.45, 2.75) is 44.7 Å². The molecule has 21 heavy (non-hydrogen) atoms. The van der Waals surface area contributed by atoms with Gasteiger partial charge in [-0.3, -0.25) is 0 Å². The Balaban J connectivity index is 2.11. The number of hydrogen-bond acceptors (Lipinski definition) is 4. The van der Waals surface area contributed by atoms with E-state index in [1.54, 1.807) is 16.6 Å². The Bertz CT molecular complexity index is 543. The van der Waals surface area contributed by atoms with Crippen LogP contribution in [0.3, 0.4) is 0 Å². The Morgan fingerprint density at radius 3 is 2.81 bits per heavy atom. The van der Waals surface area contributed by atoms with Crippen LogP contribution in [0.2, 0.25) is 0 Å². The van der Waals surface area contributed by atoms with Gasteiger partial charge in [0.05, 0.1) is 0 Å². The van der Waals surface area contributed by atoms with Crippen LogP contribution < -0.4 is 5.32 Å². The van der Waals surface area contributed by atoms with E-state index in [9.17, 15) is 8.42 Å². The Morgan fingerprint density at radius 1 is 1.33 bits per heavy atom. The summed E-state index contributed by atoms with van der Waals surface area (Å²) in [4.78, 5) is 4.16. The van der Waals surface area contributed by atoms with E-state index in [4.69, 9.17) is 0 Å². The first-order valence-electron chi connectivity index (χ1n) is 7.70. The van der Waals surface area contributed by atoms with Gasteiger partial charge in [0.1, 0.15) is 0 Å². The van der Waals surface area contributed by atoms with Crippen LogP contribution in [0, 0.1) is 5.92 Å². The van der Waals surface area contributed by atoms with Gasteiger partial charge in [-0.15, -0.1) is 0 Å². The molecule has 1 aromatic rings. The lowest BCUT2D eigenvalue weighted by Gasteiger charge is -2.19. The Kier molecular flexibility index (Phi) is 5.72. The van der Waals surface area contributed by atoms with Crippen LogP contribution in [0.4, 0.5) is 0 Å². The van der Waals surface area contributed by atoms with Crippen molar-refractivity contribution in [2.24, 2.45) is 5.92 Å². The first-order valence-corrected chi connectivity index (χ1v) is 9.14. The Morgan fingerprint density at radius 2 is 2.14 bits per heavy atom. The van der Waals surface area contributed by atoms with Crippen LogP contribution in [0.5, 0.6) is 0 Å². The van der Waals surface area contributed by atoms with E-state index < -0.39 is 10.0 Å². The fourth-order valence-corrected chi connectivity index (χ4v) is 3.95. The normalized spacial score (nSPS) is 21.1. The molecule has 1 fully saturated rings. The molecule has 0 aliphatic carbocycles. The zero-order valence-corrected chi connectivity index (χ0v) is 13.7. The number of rotatable bonds is 5. The highest BCUT2D eigenvalue weighted by molar-refractivity contribution is 7.89. The fourth-order valence-electron chi connectivity index (χ4n) is 2.55. The summed E-state index contributed by atoms with van der Waals surface area (Å²) in [6.07, 6.45) is 4.60. The first kappa shape index (κ1) is 16.4. The van der Waals surface area contributed by atoms with E-state index in [2.05, 4.69) is 17.2 Å². The van der Waals surface area contributed by atoms with Gasteiger partial charge < -0.3 is 5.32 Å². The number of aromatic nitrogens is 1. The SMILES string of the molecule is CCNCc1ccc(S(=O)(=O)N2CCCC(C)CC2)nc1. The van der Waals surface area contributed by atoms with Gasteiger partial charge >= 0.3 is 0 Å². The molecule has 0 aromatic carbocycles. The van der Waals surface area contributed by atoms with Crippen LogP contribution in [0.15, 0.2) is 23.4 Å². The maximum atomic E-state index is 12.6. The van der Waals surface area contributed by atoms with Crippen LogP contribution >= 0.6 is 0 Å². The molecule has 118 valence electrons. The van der Waals surface area contributed by atoms with Crippen molar-refractivity contribution < 1.29 is 8.42 Å². The molecular formula is C15H25N3O2S. The summed E-state index contributed by atoms with van der Waals surface area (Å²) < 4.78 is 26.8. The van der Waals surface area contributed by atoms with Crippen LogP contribution in [0.1, 0.15) is 38.7 Å². The second-order valence-corrected chi connectivity index (χ2v) is 7.61. The van der Waals surface area contributed by atoms with E-state index in [1.807, 2.05) is 13.0 Å². The molecule has 0 radical (unpaired) electrons. The highest BCUT2D eigenvalue weighted by atomic mass is 32.2. The summed E-state index contributed by atoms with van der Waals surface area (Å²) in [5, 5.41) is 3.36. The number of nitrogens with one attached hydrogen (secondary N) is 1. The Hall–Kier alpha value is -0.980. The van der Waals surface area contributed by atoms with Crippen molar-refractivity contribution in [2.75, 3.05) is 19.6 Å². The first-order chi connectivity index (χ1) is 10.0. The van der Waals surface area contributed by atoms with Gasteiger partial charge in [0.2, 0.25) is 0 Å². The highest BCUT2D eigenvalue weighted by Crippen LogP contribution is 2.22. The lowest BCUT2D eigenvalue weighted by molar-refractivity contribution is 0.415. The monoisotopic (exact) mass is 311 g/mol. The molecule has 1 N–H and O–H groups in total. The molecule has 1 aliphatic heterocycles. The van der Waals surface area contributed by atoms with E-state index in [-0.39, 0.29) is 5.03 Å². The van der Waals surface area contributed by atoms with E-state index in [0.717, 1.165) is 31.4 Å². The highest BCUT2D eigenvalue weighted by Gasteiger charge is 2.27. The molecule has 1 atom stereocenters. The van der Waals surface area contributed by atoms with Crippen molar-refractivity contribution in [3.63, 3.8) is 0 Å². The van der Waals surface area contributed by atoms with Crippen molar-refractivity contribution in [1.29, 1.82) is 0 Å². The molecule has 6 heteroatoms. The summed E-state index contributed by atoms with van der Waals surface area (Å²) in [7, 11) is -3.44. The average Bonchev–Trinajstić information content (AvgIpc) is 2.70. The second-order valence-electron chi connectivity index (χ2n) is 5.73. The molecule has 0 spiro atoms. The third kappa shape index (κ3) is 4.25. The molecule has 1 saturated heterocycles. The molecule has 5 nitrogen and oxygen atoms in total. The maximum absolute atomic E-state index is 12.6. The average molecular weight is 311 g/mol. The number of sulfonamides is 1.